The minimum absolute atomic E-state index is 0.0310. The molecular weight excluding hydrogens is 678 g/mol. The Morgan fingerprint density at radius 2 is 1.51 bits per heavy atom. The molecular formula is C26H25Cl2F9N2O6. The highest BCUT2D eigenvalue weighted by Crippen LogP contribution is 2.53. The second-order valence-electron chi connectivity index (χ2n) is 9.03. The molecule has 0 bridgehead atoms. The lowest BCUT2D eigenvalue weighted by Crippen LogP contribution is -2.62. The lowest BCUT2D eigenvalue weighted by atomic mass is 10.1. The van der Waals surface area contributed by atoms with Crippen LogP contribution in [0.25, 0.3) is 0 Å². The number of halogens is 11. The molecule has 0 heterocycles. The second kappa shape index (κ2) is 15.4. The van der Waals surface area contributed by atoms with Gasteiger partial charge in [-0.1, -0.05) is 35.3 Å². The first-order valence-corrected chi connectivity index (χ1v) is 13.4. The number of urea groups is 1. The molecule has 2 N–H and O–H groups in total. The number of ether oxygens (including phenoxy) is 3. The third kappa shape index (κ3) is 9.92. The van der Waals surface area contributed by atoms with E-state index in [1.807, 2.05) is 0 Å². The number of carboxylic acids is 1. The Morgan fingerprint density at radius 3 is 2.04 bits per heavy atom. The fourth-order valence-corrected chi connectivity index (χ4v) is 3.92. The largest absolute Gasteiger partial charge is 0.492 e. The van der Waals surface area contributed by atoms with Crippen molar-refractivity contribution < 1.29 is 68.4 Å². The van der Waals surface area contributed by atoms with Gasteiger partial charge in [-0.15, -0.1) is 0 Å². The molecule has 0 saturated carbocycles. The molecule has 0 aromatic heterocycles. The van der Waals surface area contributed by atoms with Gasteiger partial charge in [0.15, 0.2) is 6.10 Å². The number of hydrogen-bond donors (Lipinski definition) is 2. The summed E-state index contributed by atoms with van der Waals surface area (Å²) in [6.07, 6.45) is -14.4. The average molecular weight is 703 g/mol. The zero-order valence-electron chi connectivity index (χ0n) is 23.0. The Hall–Kier alpha value is -3.15. The number of anilines is 1. The van der Waals surface area contributed by atoms with Crippen LogP contribution >= 0.6 is 23.2 Å². The van der Waals surface area contributed by atoms with Crippen LogP contribution in [0.15, 0.2) is 42.5 Å². The van der Waals surface area contributed by atoms with Crippen LogP contribution in [0.1, 0.15) is 12.5 Å². The standard InChI is InChI=1S/C26H25Cl2F9N2O6/c1-2-43-20(21(40)41)13-15-3-6-17(7-4-15)44-11-9-39(22(42)38-19-8-5-16(27)14-18(19)28)10-12-45-26(36,37)24(31,32)23(29,30)25(33,34)35/h3-8,14,20H,2,9-13H2,1H3,(H,38,42)(H,40,41). The first kappa shape index (κ1) is 38.0. The van der Waals surface area contributed by atoms with Gasteiger partial charge in [0.05, 0.1) is 23.9 Å². The van der Waals surface area contributed by atoms with Crippen molar-refractivity contribution in [1.29, 1.82) is 0 Å². The number of carbonyl (C=O) groups is 2. The van der Waals surface area contributed by atoms with Crippen LogP contribution in [0.2, 0.25) is 10.0 Å². The molecule has 0 aliphatic carbocycles. The van der Waals surface area contributed by atoms with Gasteiger partial charge in [0.1, 0.15) is 12.4 Å². The summed E-state index contributed by atoms with van der Waals surface area (Å²) < 4.78 is 132. The molecule has 0 spiro atoms. The summed E-state index contributed by atoms with van der Waals surface area (Å²) in [5.74, 6) is -15.1. The van der Waals surface area contributed by atoms with Gasteiger partial charge < -0.3 is 29.5 Å². The summed E-state index contributed by atoms with van der Waals surface area (Å²) in [4.78, 5) is 24.8. The maximum absolute atomic E-state index is 13.8. The summed E-state index contributed by atoms with van der Waals surface area (Å²) in [6, 6.07) is 8.61. The minimum atomic E-state index is -7.15. The number of nitrogens with zero attached hydrogens (tertiary/aromatic N) is 1. The molecule has 0 aliphatic heterocycles. The lowest BCUT2D eigenvalue weighted by Gasteiger charge is -2.33. The molecule has 252 valence electrons. The van der Waals surface area contributed by atoms with Crippen LogP contribution in [-0.4, -0.2) is 85.2 Å². The highest BCUT2D eigenvalue weighted by Gasteiger charge is 2.82. The summed E-state index contributed by atoms with van der Waals surface area (Å²) in [5, 5.41) is 11.6. The van der Waals surface area contributed by atoms with E-state index in [0.717, 1.165) is 0 Å². The molecule has 1 unspecified atom stereocenters. The highest BCUT2D eigenvalue weighted by atomic mass is 35.5. The van der Waals surface area contributed by atoms with E-state index >= 15 is 0 Å². The number of aliphatic carboxylic acids is 1. The number of amides is 2. The molecule has 2 rings (SSSR count). The van der Waals surface area contributed by atoms with E-state index in [9.17, 15) is 54.2 Å². The zero-order chi connectivity index (χ0) is 34.2. The van der Waals surface area contributed by atoms with Crippen LogP contribution in [0, 0.1) is 0 Å². The van der Waals surface area contributed by atoms with Crippen molar-refractivity contribution in [2.24, 2.45) is 0 Å². The molecule has 8 nitrogen and oxygen atoms in total. The third-order valence-electron chi connectivity index (χ3n) is 5.84. The Labute approximate surface area is 259 Å². The van der Waals surface area contributed by atoms with E-state index in [1.165, 1.54) is 42.5 Å². The first-order valence-electron chi connectivity index (χ1n) is 12.6. The van der Waals surface area contributed by atoms with Gasteiger partial charge in [0, 0.05) is 24.6 Å². The van der Waals surface area contributed by atoms with Crippen molar-refractivity contribution >= 4 is 40.9 Å². The van der Waals surface area contributed by atoms with E-state index in [1.54, 1.807) is 6.92 Å². The highest BCUT2D eigenvalue weighted by molar-refractivity contribution is 6.36. The van der Waals surface area contributed by atoms with Gasteiger partial charge in [0.2, 0.25) is 0 Å². The maximum atomic E-state index is 13.8. The van der Waals surface area contributed by atoms with E-state index in [-0.39, 0.29) is 41.1 Å². The van der Waals surface area contributed by atoms with Crippen molar-refractivity contribution in [2.75, 3.05) is 38.2 Å². The van der Waals surface area contributed by atoms with E-state index in [4.69, 9.17) is 32.7 Å². The first-order chi connectivity index (χ1) is 20.7. The fraction of sp³-hybridized carbons (Fsp3) is 0.462. The summed E-state index contributed by atoms with van der Waals surface area (Å²) in [5.41, 5.74) is 0.525. The monoisotopic (exact) mass is 702 g/mol. The smallest absolute Gasteiger partial charge is 0.460 e. The van der Waals surface area contributed by atoms with Crippen LogP contribution in [0.3, 0.4) is 0 Å². The van der Waals surface area contributed by atoms with Crippen LogP contribution in [0.5, 0.6) is 5.75 Å². The Kier molecular flexibility index (Phi) is 13.0. The number of hydrogen-bond acceptors (Lipinski definition) is 5. The van der Waals surface area contributed by atoms with Crippen molar-refractivity contribution in [2.45, 2.75) is 43.6 Å². The number of carboxylic acid groups (broad SMARTS) is 1. The van der Waals surface area contributed by atoms with Gasteiger partial charge in [0.25, 0.3) is 0 Å². The van der Waals surface area contributed by atoms with Crippen LogP contribution in [-0.2, 0) is 20.7 Å². The Morgan fingerprint density at radius 1 is 0.911 bits per heavy atom. The van der Waals surface area contributed by atoms with E-state index < -0.39 is 61.9 Å². The molecule has 0 aliphatic rings. The Bertz CT molecular complexity index is 1300. The number of nitrogens with one attached hydrogen (secondary N) is 1. The Balaban J connectivity index is 2.13. The number of benzene rings is 2. The molecule has 2 aromatic carbocycles. The molecule has 0 saturated heterocycles. The second-order valence-corrected chi connectivity index (χ2v) is 9.88. The van der Waals surface area contributed by atoms with Crippen molar-refractivity contribution in [3.8, 4) is 5.75 Å². The maximum Gasteiger partial charge on any atom is 0.460 e. The molecule has 0 radical (unpaired) electrons. The van der Waals surface area contributed by atoms with Crippen LogP contribution < -0.4 is 10.1 Å². The van der Waals surface area contributed by atoms with Gasteiger partial charge in [-0.05, 0) is 42.8 Å². The minimum Gasteiger partial charge on any atom is -0.492 e. The normalized spacial score (nSPS) is 13.3. The molecule has 1 atom stereocenters. The quantitative estimate of drug-likeness (QED) is 0.177. The molecule has 2 aromatic rings. The number of rotatable bonds is 16. The molecule has 0 fully saturated rings. The average Bonchev–Trinajstić information content (AvgIpc) is 2.93. The SMILES string of the molecule is CCOC(Cc1ccc(OCCN(CCOC(F)(F)C(F)(F)C(F)(F)C(F)(F)F)C(=O)Nc2ccc(Cl)cc2Cl)cc1)C(=O)O. The van der Waals surface area contributed by atoms with Crippen molar-refractivity contribution in [1.82, 2.24) is 4.90 Å². The summed E-state index contributed by atoms with van der Waals surface area (Å²) >= 11 is 11.8. The summed E-state index contributed by atoms with van der Waals surface area (Å²) in [7, 11) is 0. The summed E-state index contributed by atoms with van der Waals surface area (Å²) in [6.45, 7) is -1.70. The molecule has 2 amide bonds. The van der Waals surface area contributed by atoms with Gasteiger partial charge >= 0.3 is 36.1 Å². The predicted molar refractivity (Wildman–Crippen MR) is 143 cm³/mol. The van der Waals surface area contributed by atoms with Crippen molar-refractivity contribution in [3.63, 3.8) is 0 Å². The third-order valence-corrected chi connectivity index (χ3v) is 6.39. The topological polar surface area (TPSA) is 97.3 Å². The molecule has 45 heavy (non-hydrogen) atoms. The zero-order valence-corrected chi connectivity index (χ0v) is 24.5. The number of alkyl halides is 9. The van der Waals surface area contributed by atoms with Gasteiger partial charge in [-0.25, -0.2) is 9.59 Å². The predicted octanol–water partition coefficient (Wildman–Crippen LogP) is 7.38. The van der Waals surface area contributed by atoms with E-state index in [0.29, 0.717) is 10.5 Å². The number of carbonyl (C=O) groups excluding carboxylic acids is 1. The van der Waals surface area contributed by atoms with Gasteiger partial charge in [-0.3, -0.25) is 0 Å². The van der Waals surface area contributed by atoms with Crippen LogP contribution in [0.4, 0.5) is 50.0 Å². The fourth-order valence-electron chi connectivity index (χ4n) is 3.46. The van der Waals surface area contributed by atoms with Crippen molar-refractivity contribution in [3.05, 3.63) is 58.1 Å². The molecule has 19 heteroatoms. The van der Waals surface area contributed by atoms with Gasteiger partial charge in [-0.2, -0.15) is 39.5 Å². The van der Waals surface area contributed by atoms with E-state index in [2.05, 4.69) is 10.1 Å². The lowest BCUT2D eigenvalue weighted by molar-refractivity contribution is -0.443.